The number of aromatic nitrogens is 1. The molecule has 0 unspecified atom stereocenters. The Morgan fingerprint density at radius 3 is 2.86 bits per heavy atom. The van der Waals surface area contributed by atoms with Gasteiger partial charge in [-0.25, -0.2) is 0 Å². The van der Waals surface area contributed by atoms with Crippen LogP contribution in [0.4, 0.5) is 0 Å². The van der Waals surface area contributed by atoms with Crippen LogP contribution in [0.25, 0.3) is 10.9 Å². The number of carbonyl (C=O) groups is 1. The first-order chi connectivity index (χ1) is 6.83. The van der Waals surface area contributed by atoms with Crippen LogP contribution < -0.4 is 0 Å². The summed E-state index contributed by atoms with van der Waals surface area (Å²) in [6.45, 7) is 0. The third-order valence-electron chi connectivity index (χ3n) is 2.21. The fourth-order valence-corrected chi connectivity index (χ4v) is 1.51. The Morgan fingerprint density at radius 2 is 2.14 bits per heavy atom. The number of carbonyl (C=O) groups excluding carboxylic acids is 1. The second-order valence-electron chi connectivity index (χ2n) is 3.03. The molecule has 0 aliphatic heterocycles. The van der Waals surface area contributed by atoms with Gasteiger partial charge in [0, 0.05) is 18.0 Å². The van der Waals surface area contributed by atoms with Crippen molar-refractivity contribution in [1.29, 1.82) is 0 Å². The van der Waals surface area contributed by atoms with Gasteiger partial charge in [0.25, 0.3) is 0 Å². The third-order valence-corrected chi connectivity index (χ3v) is 2.21. The van der Waals surface area contributed by atoms with Crippen LogP contribution in [0, 0.1) is 11.8 Å². The first-order valence-corrected chi connectivity index (χ1v) is 4.32. The molecule has 14 heavy (non-hydrogen) atoms. The van der Waals surface area contributed by atoms with Gasteiger partial charge < -0.3 is 4.57 Å². The van der Waals surface area contributed by atoms with Crippen molar-refractivity contribution >= 4 is 17.2 Å². The SMILES string of the molecule is Cn1c(C#CC=O)cc2ccccc21. The quantitative estimate of drug-likeness (QED) is 0.450. The van der Waals surface area contributed by atoms with Crippen molar-refractivity contribution < 1.29 is 4.79 Å². The zero-order valence-electron chi connectivity index (χ0n) is 7.82. The molecule has 1 aromatic carbocycles. The van der Waals surface area contributed by atoms with Crippen molar-refractivity contribution in [2.75, 3.05) is 0 Å². The molecule has 2 rings (SSSR count). The van der Waals surface area contributed by atoms with Gasteiger partial charge in [-0.1, -0.05) is 18.2 Å². The predicted molar refractivity (Wildman–Crippen MR) is 55.9 cm³/mol. The average Bonchev–Trinajstić information content (AvgIpc) is 2.54. The second-order valence-corrected chi connectivity index (χ2v) is 3.03. The van der Waals surface area contributed by atoms with Crippen LogP contribution in [-0.4, -0.2) is 10.9 Å². The van der Waals surface area contributed by atoms with E-state index in [2.05, 4.69) is 11.8 Å². The topological polar surface area (TPSA) is 22.0 Å². The molecular weight excluding hydrogens is 174 g/mol. The number of para-hydroxylation sites is 1. The fraction of sp³-hybridized carbons (Fsp3) is 0.0833. The Bertz CT molecular complexity index is 540. The maximum absolute atomic E-state index is 10.1. The van der Waals surface area contributed by atoms with Gasteiger partial charge >= 0.3 is 0 Å². The van der Waals surface area contributed by atoms with Gasteiger partial charge in [0.1, 0.15) is 0 Å². The van der Waals surface area contributed by atoms with Crippen molar-refractivity contribution in [1.82, 2.24) is 4.57 Å². The van der Waals surface area contributed by atoms with E-state index in [0.717, 1.165) is 16.6 Å². The zero-order chi connectivity index (χ0) is 9.97. The maximum atomic E-state index is 10.1. The van der Waals surface area contributed by atoms with Crippen molar-refractivity contribution in [3.05, 3.63) is 36.0 Å². The molecule has 0 amide bonds. The minimum atomic E-state index is 0.609. The summed E-state index contributed by atoms with van der Waals surface area (Å²) in [6, 6.07) is 10.0. The Labute approximate surface area is 82.2 Å². The van der Waals surface area contributed by atoms with E-state index in [1.54, 1.807) is 0 Å². The highest BCUT2D eigenvalue weighted by Crippen LogP contribution is 2.17. The third kappa shape index (κ3) is 1.29. The lowest BCUT2D eigenvalue weighted by molar-refractivity contribution is -0.103. The number of rotatable bonds is 0. The van der Waals surface area contributed by atoms with Crippen LogP contribution in [0.15, 0.2) is 30.3 Å². The molecule has 0 bridgehead atoms. The van der Waals surface area contributed by atoms with Crippen molar-refractivity contribution in [3.63, 3.8) is 0 Å². The standard InChI is InChI=1S/C12H9NO/c1-13-11(6-4-8-14)9-10-5-2-3-7-12(10)13/h2-3,5,7-9H,1H3. The molecule has 2 heteroatoms. The van der Waals surface area contributed by atoms with E-state index in [1.807, 2.05) is 41.9 Å². The van der Waals surface area contributed by atoms with E-state index in [9.17, 15) is 4.79 Å². The number of fused-ring (bicyclic) bond motifs is 1. The highest BCUT2D eigenvalue weighted by Gasteiger charge is 2.01. The smallest absolute Gasteiger partial charge is 0.193 e. The minimum Gasteiger partial charge on any atom is -0.337 e. The van der Waals surface area contributed by atoms with E-state index in [-0.39, 0.29) is 0 Å². The van der Waals surface area contributed by atoms with E-state index >= 15 is 0 Å². The fourth-order valence-electron chi connectivity index (χ4n) is 1.51. The summed E-state index contributed by atoms with van der Waals surface area (Å²) >= 11 is 0. The van der Waals surface area contributed by atoms with Crippen LogP contribution in [0.2, 0.25) is 0 Å². The Balaban J connectivity index is 2.68. The van der Waals surface area contributed by atoms with E-state index in [4.69, 9.17) is 0 Å². The maximum Gasteiger partial charge on any atom is 0.193 e. The average molecular weight is 183 g/mol. The van der Waals surface area contributed by atoms with Crippen LogP contribution in [-0.2, 0) is 11.8 Å². The Kier molecular flexibility index (Phi) is 2.08. The first-order valence-electron chi connectivity index (χ1n) is 4.32. The highest BCUT2D eigenvalue weighted by atomic mass is 16.1. The zero-order valence-corrected chi connectivity index (χ0v) is 7.82. The number of benzene rings is 1. The molecule has 0 fully saturated rings. The molecule has 2 nitrogen and oxygen atoms in total. The summed E-state index contributed by atoms with van der Waals surface area (Å²) in [6.07, 6.45) is 0.609. The van der Waals surface area contributed by atoms with Gasteiger partial charge in [-0.15, -0.1) is 0 Å². The summed E-state index contributed by atoms with van der Waals surface area (Å²) < 4.78 is 1.98. The normalized spacial score (nSPS) is 9.50. The first kappa shape index (κ1) is 8.58. The van der Waals surface area contributed by atoms with Crippen molar-refractivity contribution in [2.45, 2.75) is 0 Å². The summed E-state index contributed by atoms with van der Waals surface area (Å²) in [5, 5.41) is 1.14. The molecular formula is C12H9NO. The van der Waals surface area contributed by atoms with Crippen molar-refractivity contribution in [3.8, 4) is 11.8 Å². The van der Waals surface area contributed by atoms with Crippen LogP contribution in [0.5, 0.6) is 0 Å². The van der Waals surface area contributed by atoms with E-state index in [0.29, 0.717) is 6.29 Å². The van der Waals surface area contributed by atoms with E-state index in [1.165, 1.54) is 0 Å². The molecule has 0 radical (unpaired) electrons. The Hall–Kier alpha value is -2.01. The minimum absolute atomic E-state index is 0.609. The lowest BCUT2D eigenvalue weighted by Crippen LogP contribution is -1.90. The number of nitrogens with zero attached hydrogens (tertiary/aromatic N) is 1. The lowest BCUT2D eigenvalue weighted by Gasteiger charge is -1.95. The predicted octanol–water partition coefficient (Wildman–Crippen LogP) is 1.73. The summed E-state index contributed by atoms with van der Waals surface area (Å²) in [4.78, 5) is 10.1. The number of aldehydes is 1. The van der Waals surface area contributed by atoms with Gasteiger partial charge in [0.15, 0.2) is 6.29 Å². The van der Waals surface area contributed by atoms with Gasteiger partial charge in [-0.3, -0.25) is 4.79 Å². The summed E-state index contributed by atoms with van der Waals surface area (Å²) in [5.74, 6) is 5.21. The Morgan fingerprint density at radius 1 is 1.36 bits per heavy atom. The van der Waals surface area contributed by atoms with Crippen LogP contribution in [0.1, 0.15) is 5.69 Å². The molecule has 1 heterocycles. The summed E-state index contributed by atoms with van der Waals surface area (Å²) in [5.41, 5.74) is 1.99. The van der Waals surface area contributed by atoms with Gasteiger partial charge in [-0.2, -0.15) is 0 Å². The van der Waals surface area contributed by atoms with E-state index < -0.39 is 0 Å². The summed E-state index contributed by atoms with van der Waals surface area (Å²) in [7, 11) is 1.94. The van der Waals surface area contributed by atoms with Gasteiger partial charge in [0.2, 0.25) is 0 Å². The molecule has 1 aromatic heterocycles. The van der Waals surface area contributed by atoms with Crippen molar-refractivity contribution in [2.24, 2.45) is 7.05 Å². The monoisotopic (exact) mass is 183 g/mol. The lowest BCUT2D eigenvalue weighted by atomic mass is 10.2. The molecule has 2 aromatic rings. The molecule has 0 spiro atoms. The molecule has 0 aliphatic rings. The molecule has 0 saturated heterocycles. The van der Waals surface area contributed by atoms with Gasteiger partial charge in [0.05, 0.1) is 5.69 Å². The largest absolute Gasteiger partial charge is 0.337 e. The van der Waals surface area contributed by atoms with Crippen LogP contribution >= 0.6 is 0 Å². The number of aryl methyl sites for hydroxylation is 1. The molecule has 0 N–H and O–H groups in total. The molecule has 0 atom stereocenters. The second kappa shape index (κ2) is 3.39. The number of hydrogen-bond donors (Lipinski definition) is 0. The van der Waals surface area contributed by atoms with Crippen LogP contribution in [0.3, 0.4) is 0 Å². The molecule has 0 saturated carbocycles. The highest BCUT2D eigenvalue weighted by molar-refractivity contribution is 5.83. The molecule has 68 valence electrons. The molecule has 0 aliphatic carbocycles. The number of hydrogen-bond acceptors (Lipinski definition) is 1. The van der Waals surface area contributed by atoms with Gasteiger partial charge in [-0.05, 0) is 24.0 Å².